The second-order valence-electron chi connectivity index (χ2n) is 5.21. The third kappa shape index (κ3) is 12.1. The lowest BCUT2D eigenvalue weighted by Gasteiger charge is -2.20. The second-order valence-corrected chi connectivity index (χ2v) is 12.2. The maximum absolute atomic E-state index is 6.06. The van der Waals surface area contributed by atoms with E-state index >= 15 is 0 Å². The first-order valence-corrected chi connectivity index (χ1v) is 12.0. The summed E-state index contributed by atoms with van der Waals surface area (Å²) in [6.07, 6.45) is 9.02. The van der Waals surface area contributed by atoms with E-state index in [1.807, 2.05) is 0 Å². The van der Waals surface area contributed by atoms with Gasteiger partial charge >= 0.3 is 0 Å². The van der Waals surface area contributed by atoms with Crippen LogP contribution in [0.5, 0.6) is 0 Å². The first kappa shape index (κ1) is 15.1. The maximum atomic E-state index is 6.06. The van der Waals surface area contributed by atoms with Crippen molar-refractivity contribution in [2.75, 3.05) is 0 Å². The minimum Gasteiger partial charge on any atom is -0.455 e. The largest absolute Gasteiger partial charge is 0.455 e. The van der Waals surface area contributed by atoms with E-state index < -0.39 is 17.4 Å². The lowest BCUT2D eigenvalue weighted by atomic mass is 10.2. The van der Waals surface area contributed by atoms with Gasteiger partial charge in [0.1, 0.15) is 0 Å². The van der Waals surface area contributed by atoms with Crippen molar-refractivity contribution in [1.29, 1.82) is 0 Å². The maximum Gasteiger partial charge on any atom is 0.184 e. The van der Waals surface area contributed by atoms with E-state index in [1.54, 1.807) is 0 Å². The summed E-state index contributed by atoms with van der Waals surface area (Å²) < 4.78 is 6.06. The Morgan fingerprint density at radius 1 is 1.13 bits per heavy atom. The monoisotopic (exact) mass is 244 g/mol. The zero-order chi connectivity index (χ0) is 11.7. The number of unbranched alkanes of at least 4 members (excludes halogenated alkanes) is 4. The molecule has 0 radical (unpaired) electrons. The van der Waals surface area contributed by atoms with Crippen molar-refractivity contribution < 1.29 is 4.12 Å². The average molecular weight is 245 g/mol. The summed E-state index contributed by atoms with van der Waals surface area (Å²) in [5.41, 5.74) is 2.35. The molecule has 0 N–H and O–H groups in total. The van der Waals surface area contributed by atoms with E-state index in [1.165, 1.54) is 32.1 Å². The molecule has 0 rings (SSSR count). The number of rotatable bonds is 8. The summed E-state index contributed by atoms with van der Waals surface area (Å²) in [5, 5.41) is 0. The Bertz CT molecular complexity index is 173. The molecule has 15 heavy (non-hydrogen) atoms. The lowest BCUT2D eigenvalue weighted by Crippen LogP contribution is -2.32. The van der Waals surface area contributed by atoms with Gasteiger partial charge in [-0.15, -0.1) is 0 Å². The summed E-state index contributed by atoms with van der Waals surface area (Å²) in [6, 6.07) is 0. The van der Waals surface area contributed by atoms with Gasteiger partial charge in [0, 0.05) is 0 Å². The van der Waals surface area contributed by atoms with E-state index in [2.05, 4.69) is 44.9 Å². The standard InChI is InChI=1S/C12H28OSi2/c1-6-7-8-9-10-11-12-14(2)13-15(3,4)5/h11-12,14H,6-10H2,1-5H3. The van der Waals surface area contributed by atoms with Gasteiger partial charge in [-0.1, -0.05) is 38.0 Å². The van der Waals surface area contributed by atoms with Crippen LogP contribution < -0.4 is 0 Å². The van der Waals surface area contributed by atoms with Crippen LogP contribution in [0.15, 0.2) is 11.8 Å². The minimum atomic E-state index is -1.29. The van der Waals surface area contributed by atoms with Crippen LogP contribution in [0, 0.1) is 0 Å². The lowest BCUT2D eigenvalue weighted by molar-refractivity contribution is 0.587. The van der Waals surface area contributed by atoms with E-state index in [9.17, 15) is 0 Å². The molecule has 0 saturated heterocycles. The highest BCUT2D eigenvalue weighted by molar-refractivity contribution is 6.78. The van der Waals surface area contributed by atoms with E-state index in [0.29, 0.717) is 0 Å². The fourth-order valence-corrected chi connectivity index (χ4v) is 6.93. The molecular formula is C12H28OSi2. The first-order chi connectivity index (χ1) is 6.95. The SMILES string of the molecule is CCCCCCC=C[SiH](C)O[Si](C)(C)C. The Kier molecular flexibility index (Phi) is 8.38. The van der Waals surface area contributed by atoms with Crippen LogP contribution >= 0.6 is 0 Å². The van der Waals surface area contributed by atoms with Crippen LogP contribution in [-0.2, 0) is 4.12 Å². The molecule has 0 aliphatic rings. The summed E-state index contributed by atoms with van der Waals surface area (Å²) in [4.78, 5) is 0. The Labute approximate surface area is 98.8 Å². The van der Waals surface area contributed by atoms with Gasteiger partial charge in [0.25, 0.3) is 0 Å². The van der Waals surface area contributed by atoms with Crippen LogP contribution in [0.4, 0.5) is 0 Å². The molecular weight excluding hydrogens is 216 g/mol. The predicted molar refractivity (Wildman–Crippen MR) is 75.3 cm³/mol. The Morgan fingerprint density at radius 3 is 2.33 bits per heavy atom. The van der Waals surface area contributed by atoms with Gasteiger partial charge in [0.2, 0.25) is 0 Å². The summed E-state index contributed by atoms with van der Waals surface area (Å²) >= 11 is 0. The molecule has 0 bridgehead atoms. The normalized spacial score (nSPS) is 14.7. The highest BCUT2D eigenvalue weighted by atomic mass is 28.4. The van der Waals surface area contributed by atoms with Gasteiger partial charge in [-0.25, -0.2) is 0 Å². The van der Waals surface area contributed by atoms with E-state index in [-0.39, 0.29) is 0 Å². The van der Waals surface area contributed by atoms with Gasteiger partial charge in [0.05, 0.1) is 0 Å². The molecule has 0 spiro atoms. The third-order valence-electron chi connectivity index (χ3n) is 2.17. The molecule has 1 nitrogen and oxygen atoms in total. The molecule has 0 heterocycles. The Morgan fingerprint density at radius 2 is 1.80 bits per heavy atom. The van der Waals surface area contributed by atoms with E-state index in [4.69, 9.17) is 4.12 Å². The number of hydrogen-bond acceptors (Lipinski definition) is 1. The fourth-order valence-electron chi connectivity index (χ4n) is 1.57. The molecule has 0 amide bonds. The van der Waals surface area contributed by atoms with Crippen molar-refractivity contribution in [3.05, 3.63) is 11.8 Å². The second kappa shape index (κ2) is 8.30. The van der Waals surface area contributed by atoms with Gasteiger partial charge in [-0.2, -0.15) is 0 Å². The van der Waals surface area contributed by atoms with Gasteiger partial charge in [-0.05, 0) is 39.0 Å². The number of allylic oxidation sites excluding steroid dienone is 1. The molecule has 0 saturated carbocycles. The zero-order valence-electron chi connectivity index (χ0n) is 11.2. The van der Waals surface area contributed by atoms with Crippen molar-refractivity contribution in [3.8, 4) is 0 Å². The summed E-state index contributed by atoms with van der Waals surface area (Å²) in [6.45, 7) is 11.3. The third-order valence-corrected chi connectivity index (χ3v) is 7.30. The molecule has 3 heteroatoms. The summed E-state index contributed by atoms with van der Waals surface area (Å²) in [5.74, 6) is 0. The molecule has 1 unspecified atom stereocenters. The molecule has 0 aromatic rings. The zero-order valence-corrected chi connectivity index (χ0v) is 13.3. The molecule has 0 aliphatic carbocycles. The van der Waals surface area contributed by atoms with Gasteiger partial charge < -0.3 is 4.12 Å². The highest BCUT2D eigenvalue weighted by Gasteiger charge is 2.16. The van der Waals surface area contributed by atoms with Crippen LogP contribution in [0.1, 0.15) is 39.0 Å². The van der Waals surface area contributed by atoms with Crippen molar-refractivity contribution in [2.24, 2.45) is 0 Å². The smallest absolute Gasteiger partial charge is 0.184 e. The molecule has 0 aromatic heterocycles. The summed E-state index contributed by atoms with van der Waals surface area (Å²) in [7, 11) is -2.30. The first-order valence-electron chi connectivity index (χ1n) is 6.30. The fraction of sp³-hybridized carbons (Fsp3) is 0.833. The van der Waals surface area contributed by atoms with Crippen LogP contribution in [0.3, 0.4) is 0 Å². The molecule has 0 aliphatic heterocycles. The van der Waals surface area contributed by atoms with Crippen molar-refractivity contribution in [1.82, 2.24) is 0 Å². The quantitative estimate of drug-likeness (QED) is 0.458. The number of hydrogen-bond donors (Lipinski definition) is 0. The molecule has 90 valence electrons. The van der Waals surface area contributed by atoms with Crippen molar-refractivity contribution >= 4 is 17.4 Å². The predicted octanol–water partition coefficient (Wildman–Crippen LogP) is 4.26. The minimum absolute atomic E-state index is 1.00. The van der Waals surface area contributed by atoms with Crippen molar-refractivity contribution in [3.63, 3.8) is 0 Å². The molecule has 1 atom stereocenters. The molecule has 0 fully saturated rings. The highest BCUT2D eigenvalue weighted by Crippen LogP contribution is 2.07. The van der Waals surface area contributed by atoms with Gasteiger partial charge in [0.15, 0.2) is 17.4 Å². The Balaban J connectivity index is 3.50. The van der Waals surface area contributed by atoms with Crippen LogP contribution in [0.25, 0.3) is 0 Å². The van der Waals surface area contributed by atoms with E-state index in [0.717, 1.165) is 0 Å². The molecule has 0 aromatic carbocycles. The Hall–Kier alpha value is 0.134. The van der Waals surface area contributed by atoms with Crippen molar-refractivity contribution in [2.45, 2.75) is 65.2 Å². The van der Waals surface area contributed by atoms with Crippen LogP contribution in [0.2, 0.25) is 26.2 Å². The topological polar surface area (TPSA) is 9.23 Å². The van der Waals surface area contributed by atoms with Gasteiger partial charge in [-0.3, -0.25) is 0 Å². The average Bonchev–Trinajstić information content (AvgIpc) is 2.08. The van der Waals surface area contributed by atoms with Crippen LogP contribution in [-0.4, -0.2) is 17.4 Å².